The maximum absolute atomic E-state index is 5.44. The second-order valence-corrected chi connectivity index (χ2v) is 8.28. The molecular weight excluding hydrogens is 529 g/mol. The molecule has 0 aromatic heterocycles. The summed E-state index contributed by atoms with van der Waals surface area (Å²) in [5.74, 6) is 1.87. The van der Waals surface area contributed by atoms with Crippen molar-refractivity contribution >= 4 is 35.6 Å². The lowest BCUT2D eigenvalue weighted by molar-refractivity contribution is 0.0342. The first-order chi connectivity index (χ1) is 15.7. The van der Waals surface area contributed by atoms with Gasteiger partial charge in [-0.1, -0.05) is 30.3 Å². The molecule has 180 valence electrons. The second kappa shape index (κ2) is 13.0. The number of hydrogen-bond donors (Lipinski definition) is 1. The number of halogens is 1. The van der Waals surface area contributed by atoms with Gasteiger partial charge in [0.25, 0.3) is 0 Å². The Morgan fingerprint density at radius 2 is 1.67 bits per heavy atom. The maximum atomic E-state index is 5.44. The van der Waals surface area contributed by atoms with Gasteiger partial charge in [0.05, 0.1) is 20.3 Å². The number of hydrogen-bond acceptors (Lipinski definition) is 5. The van der Waals surface area contributed by atoms with Gasteiger partial charge >= 0.3 is 0 Å². The van der Waals surface area contributed by atoms with Gasteiger partial charge in [0, 0.05) is 71.2 Å². The van der Waals surface area contributed by atoms with Gasteiger partial charge in [-0.05, 0) is 23.3 Å². The van der Waals surface area contributed by atoms with Gasteiger partial charge in [0.2, 0.25) is 0 Å². The van der Waals surface area contributed by atoms with Crippen LogP contribution in [0.15, 0.2) is 53.5 Å². The summed E-state index contributed by atoms with van der Waals surface area (Å²) in [6.07, 6.45) is 0. The average Bonchev–Trinajstić information content (AvgIpc) is 2.86. The van der Waals surface area contributed by atoms with E-state index < -0.39 is 0 Å². The van der Waals surface area contributed by atoms with Crippen LogP contribution in [0.4, 0.5) is 5.69 Å². The summed E-state index contributed by atoms with van der Waals surface area (Å²) in [7, 11) is 3.58. The number of piperazine rings is 1. The highest BCUT2D eigenvalue weighted by Crippen LogP contribution is 2.22. The van der Waals surface area contributed by atoms with Crippen LogP contribution in [0, 0.1) is 0 Å². The lowest BCUT2D eigenvalue weighted by Gasteiger charge is -2.37. The molecule has 0 saturated carbocycles. The first kappa shape index (κ1) is 25.6. The summed E-state index contributed by atoms with van der Waals surface area (Å²) < 4.78 is 10.8. The molecule has 2 aromatic carbocycles. The number of morpholine rings is 1. The average molecular weight is 566 g/mol. The van der Waals surface area contributed by atoms with Gasteiger partial charge < -0.3 is 24.6 Å². The lowest BCUT2D eigenvalue weighted by Crippen LogP contribution is -2.52. The normalized spacial score (nSPS) is 17.5. The Labute approximate surface area is 214 Å². The molecule has 0 atom stereocenters. The number of ether oxygens (including phenoxy) is 2. The lowest BCUT2D eigenvalue weighted by atomic mass is 10.1. The zero-order valence-electron chi connectivity index (χ0n) is 19.7. The van der Waals surface area contributed by atoms with E-state index >= 15 is 0 Å². The fourth-order valence-electron chi connectivity index (χ4n) is 4.28. The van der Waals surface area contributed by atoms with Gasteiger partial charge in [-0.15, -0.1) is 24.0 Å². The van der Waals surface area contributed by atoms with Crippen molar-refractivity contribution in [3.05, 3.63) is 59.7 Å². The van der Waals surface area contributed by atoms with E-state index in [-0.39, 0.29) is 24.0 Å². The summed E-state index contributed by atoms with van der Waals surface area (Å²) in [6.45, 7) is 9.30. The highest BCUT2D eigenvalue weighted by atomic mass is 127. The number of guanidine groups is 1. The summed E-state index contributed by atoms with van der Waals surface area (Å²) in [5, 5.41) is 3.54. The van der Waals surface area contributed by atoms with Gasteiger partial charge in [0.15, 0.2) is 5.96 Å². The Morgan fingerprint density at radius 1 is 0.970 bits per heavy atom. The largest absolute Gasteiger partial charge is 0.497 e. The van der Waals surface area contributed by atoms with E-state index in [9.17, 15) is 0 Å². The zero-order valence-corrected chi connectivity index (χ0v) is 22.0. The monoisotopic (exact) mass is 565 g/mol. The molecule has 2 aromatic rings. The smallest absolute Gasteiger partial charge is 0.194 e. The predicted octanol–water partition coefficient (Wildman–Crippen LogP) is 3.04. The molecule has 0 spiro atoms. The minimum absolute atomic E-state index is 0. The Balaban J connectivity index is 0.00000306. The number of anilines is 1. The van der Waals surface area contributed by atoms with Crippen molar-refractivity contribution < 1.29 is 9.47 Å². The van der Waals surface area contributed by atoms with Gasteiger partial charge in [-0.25, -0.2) is 0 Å². The van der Waals surface area contributed by atoms with Crippen LogP contribution in [0.2, 0.25) is 0 Å². The Hall–Kier alpha value is -2.04. The third-order valence-corrected chi connectivity index (χ3v) is 6.19. The Kier molecular flexibility index (Phi) is 10.1. The molecule has 0 aliphatic carbocycles. The molecule has 0 radical (unpaired) electrons. The molecule has 2 saturated heterocycles. The van der Waals surface area contributed by atoms with Crippen LogP contribution in [0.5, 0.6) is 5.75 Å². The van der Waals surface area contributed by atoms with E-state index in [0.29, 0.717) is 0 Å². The van der Waals surface area contributed by atoms with Crippen LogP contribution in [0.3, 0.4) is 0 Å². The SMILES string of the molecule is CN=C(NCc1ccc(CN2CCOCC2)cc1)N1CCN(c2cccc(OC)c2)CC1.I. The topological polar surface area (TPSA) is 52.6 Å². The molecule has 2 aliphatic heterocycles. The molecule has 4 rings (SSSR count). The molecule has 33 heavy (non-hydrogen) atoms. The van der Waals surface area contributed by atoms with E-state index in [1.165, 1.54) is 16.8 Å². The van der Waals surface area contributed by atoms with Crippen molar-refractivity contribution in [2.45, 2.75) is 13.1 Å². The predicted molar refractivity (Wildman–Crippen MR) is 145 cm³/mol. The van der Waals surface area contributed by atoms with E-state index in [0.717, 1.165) is 77.3 Å². The number of rotatable bonds is 6. The van der Waals surface area contributed by atoms with Crippen LogP contribution in [0.1, 0.15) is 11.1 Å². The van der Waals surface area contributed by atoms with Crippen molar-refractivity contribution in [2.75, 3.05) is 71.5 Å². The van der Waals surface area contributed by atoms with Gasteiger partial charge in [-0.2, -0.15) is 0 Å². The fourth-order valence-corrected chi connectivity index (χ4v) is 4.28. The number of benzene rings is 2. The number of nitrogens with one attached hydrogen (secondary N) is 1. The number of methoxy groups -OCH3 is 1. The first-order valence-electron chi connectivity index (χ1n) is 11.5. The maximum Gasteiger partial charge on any atom is 0.194 e. The summed E-state index contributed by atoms with van der Waals surface area (Å²) >= 11 is 0. The zero-order chi connectivity index (χ0) is 22.2. The minimum atomic E-state index is 0. The molecule has 2 aliphatic rings. The summed E-state index contributed by atoms with van der Waals surface area (Å²) in [4.78, 5) is 11.7. The third kappa shape index (κ3) is 7.22. The van der Waals surface area contributed by atoms with Crippen LogP contribution < -0.4 is 15.0 Å². The summed E-state index contributed by atoms with van der Waals surface area (Å²) in [6, 6.07) is 17.2. The molecule has 1 N–H and O–H groups in total. The minimum Gasteiger partial charge on any atom is -0.497 e. The van der Waals surface area contributed by atoms with E-state index in [1.54, 1.807) is 7.11 Å². The molecule has 0 amide bonds. The van der Waals surface area contributed by atoms with Crippen molar-refractivity contribution in [3.8, 4) is 5.75 Å². The first-order valence-corrected chi connectivity index (χ1v) is 11.5. The molecule has 0 bridgehead atoms. The molecule has 0 unspecified atom stereocenters. The Bertz CT molecular complexity index is 879. The van der Waals surface area contributed by atoms with Crippen molar-refractivity contribution in [1.82, 2.24) is 15.1 Å². The van der Waals surface area contributed by atoms with Crippen LogP contribution in [-0.4, -0.2) is 82.4 Å². The number of nitrogens with zero attached hydrogens (tertiary/aromatic N) is 4. The van der Waals surface area contributed by atoms with Crippen LogP contribution in [-0.2, 0) is 17.8 Å². The van der Waals surface area contributed by atoms with Gasteiger partial charge in [0.1, 0.15) is 5.75 Å². The Morgan fingerprint density at radius 3 is 2.33 bits per heavy atom. The fraction of sp³-hybridized carbons (Fsp3) is 0.480. The second-order valence-electron chi connectivity index (χ2n) is 8.28. The van der Waals surface area contributed by atoms with E-state index in [2.05, 4.69) is 61.4 Å². The third-order valence-electron chi connectivity index (χ3n) is 6.19. The van der Waals surface area contributed by atoms with Gasteiger partial charge in [-0.3, -0.25) is 9.89 Å². The molecule has 8 heteroatoms. The highest BCUT2D eigenvalue weighted by Gasteiger charge is 2.20. The van der Waals surface area contributed by atoms with E-state index in [4.69, 9.17) is 9.47 Å². The number of aliphatic imine (C=N–C) groups is 1. The molecular formula is C25H36IN5O2. The quantitative estimate of drug-likeness (QED) is 0.330. The highest BCUT2D eigenvalue weighted by molar-refractivity contribution is 14.0. The standard InChI is InChI=1S/C25H35N5O2.HI/c1-26-25(30-12-10-29(11-13-30)23-4-3-5-24(18-23)31-2)27-19-21-6-8-22(9-7-21)20-28-14-16-32-17-15-28;/h3-9,18H,10-17,19-20H2,1-2H3,(H,26,27);1H. The van der Waals surface area contributed by atoms with E-state index in [1.807, 2.05) is 19.2 Å². The van der Waals surface area contributed by atoms with Crippen molar-refractivity contribution in [2.24, 2.45) is 4.99 Å². The molecule has 2 heterocycles. The van der Waals surface area contributed by atoms with Crippen LogP contribution >= 0.6 is 24.0 Å². The summed E-state index contributed by atoms with van der Waals surface area (Å²) in [5.41, 5.74) is 3.84. The van der Waals surface area contributed by atoms with Crippen molar-refractivity contribution in [3.63, 3.8) is 0 Å². The van der Waals surface area contributed by atoms with Crippen molar-refractivity contribution in [1.29, 1.82) is 0 Å². The molecule has 2 fully saturated rings. The molecule has 7 nitrogen and oxygen atoms in total. The van der Waals surface area contributed by atoms with Crippen LogP contribution in [0.25, 0.3) is 0 Å².